The van der Waals surface area contributed by atoms with Gasteiger partial charge in [-0.3, -0.25) is 4.90 Å². The Morgan fingerprint density at radius 1 is 0.889 bits per heavy atom. The number of phenolic OH excluding ortho intramolecular Hbond substituents is 2. The minimum absolute atomic E-state index is 0.231. The van der Waals surface area contributed by atoms with Gasteiger partial charge in [-0.05, 0) is 72.7 Å². The van der Waals surface area contributed by atoms with E-state index >= 15 is 0 Å². The lowest BCUT2D eigenvalue weighted by Crippen LogP contribution is -2.35. The number of hydrogen-bond acceptors (Lipinski definition) is 5. The Morgan fingerprint density at radius 3 is 2.19 bits per heavy atom. The molecule has 0 spiro atoms. The second kappa shape index (κ2) is 11.7. The Kier molecular flexibility index (Phi) is 8.42. The highest BCUT2D eigenvalue weighted by Gasteiger charge is 2.30. The van der Waals surface area contributed by atoms with Crippen molar-refractivity contribution in [3.8, 4) is 23.0 Å². The lowest BCUT2D eigenvalue weighted by molar-refractivity contribution is 0.167. The third kappa shape index (κ3) is 6.33. The lowest BCUT2D eigenvalue weighted by atomic mass is 9.81. The minimum Gasteiger partial charge on any atom is -0.508 e. The number of phenols is 2. The number of likely N-dealkylation sites (tertiary alicyclic amines) is 1. The first-order chi connectivity index (χ1) is 17.3. The van der Waals surface area contributed by atoms with Gasteiger partial charge in [-0.15, -0.1) is 0 Å². The number of fused-ring (bicyclic) bond motifs is 1. The standard InChI is InChI=1S/C16H16O3.C15H23NO/c1-10-14-8-13(18)6-7-16(14)19-9-15(10)11-2-4-12(17)5-3-11;1-12-9-16(10-13(12)2)14(3)11-17-15-7-5-4-6-8-15/h2-8,10,15,17-18H,9H2,1H3;4-8,12-14H,9-11H2,1-3H3/t10-,15-;12-,13+,14-/m10/s1. The van der Waals surface area contributed by atoms with Crippen LogP contribution < -0.4 is 9.47 Å². The van der Waals surface area contributed by atoms with Gasteiger partial charge in [0, 0.05) is 30.6 Å². The van der Waals surface area contributed by atoms with E-state index in [9.17, 15) is 10.2 Å². The number of hydrogen-bond donors (Lipinski definition) is 2. The van der Waals surface area contributed by atoms with Gasteiger partial charge >= 0.3 is 0 Å². The molecule has 5 heteroatoms. The Hall–Kier alpha value is -3.18. The molecular weight excluding hydrogens is 450 g/mol. The third-order valence-corrected chi connectivity index (χ3v) is 7.70. The van der Waals surface area contributed by atoms with Crippen molar-refractivity contribution < 1.29 is 19.7 Å². The summed E-state index contributed by atoms with van der Waals surface area (Å²) < 4.78 is 11.6. The van der Waals surface area contributed by atoms with Crippen LogP contribution in [0.15, 0.2) is 72.8 Å². The zero-order chi connectivity index (χ0) is 25.7. The molecule has 1 saturated heterocycles. The highest BCUT2D eigenvalue weighted by Crippen LogP contribution is 2.43. The Morgan fingerprint density at radius 2 is 1.53 bits per heavy atom. The van der Waals surface area contributed by atoms with E-state index in [2.05, 4.69) is 32.6 Å². The van der Waals surface area contributed by atoms with E-state index in [4.69, 9.17) is 9.47 Å². The molecule has 2 heterocycles. The molecule has 0 radical (unpaired) electrons. The number of benzene rings is 3. The van der Waals surface area contributed by atoms with E-state index in [1.807, 2.05) is 48.5 Å². The van der Waals surface area contributed by atoms with E-state index in [0.717, 1.165) is 41.1 Å². The molecule has 3 aromatic rings. The van der Waals surface area contributed by atoms with Gasteiger partial charge in [-0.1, -0.05) is 51.1 Å². The maximum atomic E-state index is 9.61. The predicted octanol–water partition coefficient (Wildman–Crippen LogP) is 6.42. The largest absolute Gasteiger partial charge is 0.508 e. The fourth-order valence-corrected chi connectivity index (χ4v) is 5.04. The first-order valence-corrected chi connectivity index (χ1v) is 13.0. The van der Waals surface area contributed by atoms with E-state index in [1.165, 1.54) is 13.1 Å². The molecule has 2 aliphatic heterocycles. The summed E-state index contributed by atoms with van der Waals surface area (Å²) in [5.41, 5.74) is 2.17. The molecule has 5 nitrogen and oxygen atoms in total. The van der Waals surface area contributed by atoms with E-state index in [1.54, 1.807) is 24.3 Å². The Balaban J connectivity index is 0.000000170. The van der Waals surface area contributed by atoms with Crippen LogP contribution in [0.1, 0.15) is 50.7 Å². The zero-order valence-corrected chi connectivity index (χ0v) is 21.8. The number of aromatic hydroxyl groups is 2. The van der Waals surface area contributed by atoms with Crippen LogP contribution in [0.4, 0.5) is 0 Å². The van der Waals surface area contributed by atoms with Crippen LogP contribution in [0.3, 0.4) is 0 Å². The molecule has 3 aromatic carbocycles. The van der Waals surface area contributed by atoms with Crippen molar-refractivity contribution >= 4 is 0 Å². The molecule has 0 saturated carbocycles. The average Bonchev–Trinajstić information content (AvgIpc) is 3.23. The quantitative estimate of drug-likeness (QED) is 0.433. The fraction of sp³-hybridized carbons (Fsp3) is 0.419. The molecule has 5 atom stereocenters. The van der Waals surface area contributed by atoms with Gasteiger partial charge in [0.05, 0.1) is 6.61 Å². The van der Waals surface area contributed by atoms with E-state index in [0.29, 0.717) is 12.6 Å². The fourth-order valence-electron chi connectivity index (χ4n) is 5.04. The van der Waals surface area contributed by atoms with E-state index < -0.39 is 0 Å². The van der Waals surface area contributed by atoms with Gasteiger partial charge in [0.2, 0.25) is 0 Å². The molecule has 0 aromatic heterocycles. The van der Waals surface area contributed by atoms with Crippen LogP contribution in [0.25, 0.3) is 0 Å². The minimum atomic E-state index is 0.231. The lowest BCUT2D eigenvalue weighted by Gasteiger charge is -2.31. The second-order valence-corrected chi connectivity index (χ2v) is 10.4. The van der Waals surface area contributed by atoms with E-state index in [-0.39, 0.29) is 23.3 Å². The summed E-state index contributed by atoms with van der Waals surface area (Å²) >= 11 is 0. The SMILES string of the molecule is C[C@@H]1CN([C@@H](C)COc2ccccc2)C[C@@H]1C.C[C@@H]1c2cc(O)ccc2OC[C@H]1c1ccc(O)cc1. The van der Waals surface area contributed by atoms with Crippen LogP contribution in [0.2, 0.25) is 0 Å². The van der Waals surface area contributed by atoms with Crippen molar-refractivity contribution in [2.24, 2.45) is 11.8 Å². The monoisotopic (exact) mass is 489 g/mol. The van der Waals surface area contributed by atoms with Crippen molar-refractivity contribution in [1.82, 2.24) is 4.90 Å². The van der Waals surface area contributed by atoms with Crippen LogP contribution in [0, 0.1) is 11.8 Å². The highest BCUT2D eigenvalue weighted by molar-refractivity contribution is 5.45. The van der Waals surface area contributed by atoms with Crippen LogP contribution in [-0.2, 0) is 0 Å². The van der Waals surface area contributed by atoms with Crippen molar-refractivity contribution in [2.45, 2.75) is 45.6 Å². The highest BCUT2D eigenvalue weighted by atomic mass is 16.5. The van der Waals surface area contributed by atoms with Crippen LogP contribution in [-0.4, -0.2) is 47.5 Å². The second-order valence-electron chi connectivity index (χ2n) is 10.4. The summed E-state index contributed by atoms with van der Waals surface area (Å²) in [6, 6.07) is 23.0. The molecule has 0 amide bonds. The number of ether oxygens (including phenoxy) is 2. The average molecular weight is 490 g/mol. The van der Waals surface area contributed by atoms with Gasteiger partial charge in [0.25, 0.3) is 0 Å². The number of nitrogens with zero attached hydrogens (tertiary/aromatic N) is 1. The van der Waals surface area contributed by atoms with Crippen molar-refractivity contribution in [1.29, 1.82) is 0 Å². The Labute approximate surface area is 215 Å². The molecular formula is C31H39NO4. The first kappa shape index (κ1) is 25.9. The number of para-hydroxylation sites is 1. The summed E-state index contributed by atoms with van der Waals surface area (Å²) in [7, 11) is 0. The maximum Gasteiger partial charge on any atom is 0.123 e. The first-order valence-electron chi connectivity index (χ1n) is 13.0. The summed E-state index contributed by atoms with van der Waals surface area (Å²) in [6.07, 6.45) is 0. The van der Waals surface area contributed by atoms with Gasteiger partial charge < -0.3 is 19.7 Å². The topological polar surface area (TPSA) is 62.2 Å². The van der Waals surface area contributed by atoms with Gasteiger partial charge in [-0.25, -0.2) is 0 Å². The van der Waals surface area contributed by atoms with Crippen molar-refractivity contribution in [2.75, 3.05) is 26.3 Å². The van der Waals surface area contributed by atoms with Crippen LogP contribution in [0.5, 0.6) is 23.0 Å². The molecule has 36 heavy (non-hydrogen) atoms. The summed E-state index contributed by atoms with van der Waals surface area (Å²) in [5, 5.41) is 19.0. The molecule has 0 unspecified atom stereocenters. The smallest absolute Gasteiger partial charge is 0.123 e. The number of rotatable bonds is 5. The summed E-state index contributed by atoms with van der Waals surface area (Å²) in [4.78, 5) is 2.54. The molecule has 192 valence electrons. The molecule has 0 aliphatic carbocycles. The van der Waals surface area contributed by atoms with Gasteiger partial charge in [0.1, 0.15) is 29.6 Å². The molecule has 1 fully saturated rings. The molecule has 5 rings (SSSR count). The summed E-state index contributed by atoms with van der Waals surface area (Å²) in [5.74, 6) is 4.48. The molecule has 2 N–H and O–H groups in total. The van der Waals surface area contributed by atoms with Crippen LogP contribution >= 0.6 is 0 Å². The third-order valence-electron chi connectivity index (χ3n) is 7.70. The van der Waals surface area contributed by atoms with Gasteiger partial charge in [-0.2, -0.15) is 0 Å². The van der Waals surface area contributed by atoms with Gasteiger partial charge in [0.15, 0.2) is 0 Å². The zero-order valence-electron chi connectivity index (χ0n) is 21.8. The molecule has 2 aliphatic rings. The summed E-state index contributed by atoms with van der Waals surface area (Å²) in [6.45, 7) is 12.9. The molecule has 0 bridgehead atoms. The van der Waals surface area contributed by atoms with Crippen molar-refractivity contribution in [3.05, 3.63) is 83.9 Å². The maximum absolute atomic E-state index is 9.61. The van der Waals surface area contributed by atoms with Crippen molar-refractivity contribution in [3.63, 3.8) is 0 Å². The Bertz CT molecular complexity index is 1090. The predicted molar refractivity (Wildman–Crippen MR) is 144 cm³/mol. The normalized spacial score (nSPS) is 24.1.